The summed E-state index contributed by atoms with van der Waals surface area (Å²) in [6.07, 6.45) is 9.66. The van der Waals surface area contributed by atoms with E-state index in [1.165, 1.54) is 32.1 Å². The molecule has 98 valence electrons. The lowest BCUT2D eigenvalue weighted by atomic mass is 9.69. The van der Waals surface area contributed by atoms with Crippen molar-refractivity contribution in [1.82, 2.24) is 0 Å². The molecule has 0 atom stereocenters. The van der Waals surface area contributed by atoms with Crippen LogP contribution in [0, 0.1) is 23.2 Å². The molecule has 0 spiro atoms. The van der Waals surface area contributed by atoms with Crippen molar-refractivity contribution in [3.8, 4) is 0 Å². The Bertz CT molecular complexity index is 262. The van der Waals surface area contributed by atoms with Crippen LogP contribution in [0.25, 0.3) is 0 Å². The van der Waals surface area contributed by atoms with Gasteiger partial charge in [0.25, 0.3) is 0 Å². The number of carbonyl (C=O) groups is 1. The first-order chi connectivity index (χ1) is 7.97. The van der Waals surface area contributed by atoms with Gasteiger partial charge in [-0.1, -0.05) is 33.6 Å². The standard InChI is InChI=1S/C16H28O/c1-16(2,3)14-9-7-13(8-10-14)15(17)11-6-12-4-5-12/h12-14H,4-11H2,1-3H3. The summed E-state index contributed by atoms with van der Waals surface area (Å²) in [5.74, 6) is 2.72. The highest BCUT2D eigenvalue weighted by molar-refractivity contribution is 5.81. The molecule has 2 aliphatic carbocycles. The smallest absolute Gasteiger partial charge is 0.135 e. The van der Waals surface area contributed by atoms with Crippen molar-refractivity contribution in [2.45, 2.75) is 72.1 Å². The summed E-state index contributed by atoms with van der Waals surface area (Å²) in [6, 6.07) is 0. The fourth-order valence-electron chi connectivity index (χ4n) is 3.24. The molecule has 0 aromatic carbocycles. The van der Waals surface area contributed by atoms with Gasteiger partial charge in [0.05, 0.1) is 0 Å². The minimum atomic E-state index is 0.410. The maximum absolute atomic E-state index is 12.1. The number of hydrogen-bond acceptors (Lipinski definition) is 1. The third kappa shape index (κ3) is 3.82. The van der Waals surface area contributed by atoms with Gasteiger partial charge in [0.2, 0.25) is 0 Å². The molecular weight excluding hydrogens is 208 g/mol. The van der Waals surface area contributed by atoms with Crippen molar-refractivity contribution in [3.05, 3.63) is 0 Å². The number of hydrogen-bond donors (Lipinski definition) is 0. The first-order valence-electron chi connectivity index (χ1n) is 7.49. The van der Waals surface area contributed by atoms with E-state index in [4.69, 9.17) is 0 Å². The van der Waals surface area contributed by atoms with E-state index in [-0.39, 0.29) is 0 Å². The van der Waals surface area contributed by atoms with Gasteiger partial charge in [0.1, 0.15) is 5.78 Å². The predicted octanol–water partition coefficient (Wildman–Crippen LogP) is 4.60. The minimum Gasteiger partial charge on any atom is -0.299 e. The highest BCUT2D eigenvalue weighted by Gasteiger charge is 2.32. The van der Waals surface area contributed by atoms with Crippen LogP contribution in [0.3, 0.4) is 0 Å². The summed E-state index contributed by atoms with van der Waals surface area (Å²) in [5.41, 5.74) is 0.433. The summed E-state index contributed by atoms with van der Waals surface area (Å²) in [7, 11) is 0. The van der Waals surface area contributed by atoms with Crippen LogP contribution in [0.1, 0.15) is 72.1 Å². The minimum absolute atomic E-state index is 0.410. The van der Waals surface area contributed by atoms with Crippen molar-refractivity contribution in [2.24, 2.45) is 23.2 Å². The highest BCUT2D eigenvalue weighted by atomic mass is 16.1. The lowest BCUT2D eigenvalue weighted by Gasteiger charge is -2.36. The Hall–Kier alpha value is -0.330. The van der Waals surface area contributed by atoms with Crippen LogP contribution in [-0.2, 0) is 4.79 Å². The molecule has 1 heteroatoms. The van der Waals surface area contributed by atoms with Crippen molar-refractivity contribution in [3.63, 3.8) is 0 Å². The SMILES string of the molecule is CC(C)(C)C1CCC(C(=O)CCC2CC2)CC1. The van der Waals surface area contributed by atoms with Crippen LogP contribution in [0.2, 0.25) is 0 Å². The van der Waals surface area contributed by atoms with Crippen LogP contribution >= 0.6 is 0 Å². The van der Waals surface area contributed by atoms with Gasteiger partial charge in [-0.25, -0.2) is 0 Å². The molecule has 2 rings (SSSR count). The summed E-state index contributed by atoms with van der Waals surface area (Å²) < 4.78 is 0. The predicted molar refractivity (Wildman–Crippen MR) is 71.9 cm³/mol. The molecule has 2 fully saturated rings. The van der Waals surface area contributed by atoms with Crippen molar-refractivity contribution in [2.75, 3.05) is 0 Å². The Morgan fingerprint density at radius 1 is 1.00 bits per heavy atom. The molecular formula is C16H28O. The van der Waals surface area contributed by atoms with Crippen LogP contribution in [0.4, 0.5) is 0 Å². The molecule has 0 bridgehead atoms. The van der Waals surface area contributed by atoms with E-state index < -0.39 is 0 Å². The van der Waals surface area contributed by atoms with Crippen molar-refractivity contribution in [1.29, 1.82) is 0 Å². The molecule has 17 heavy (non-hydrogen) atoms. The first kappa shape index (κ1) is 13.1. The second-order valence-electron chi connectivity index (χ2n) is 7.36. The Morgan fingerprint density at radius 3 is 2.06 bits per heavy atom. The number of ketones is 1. The zero-order chi connectivity index (χ0) is 12.5. The van der Waals surface area contributed by atoms with Gasteiger partial charge < -0.3 is 0 Å². The Morgan fingerprint density at radius 2 is 1.59 bits per heavy atom. The maximum atomic E-state index is 12.1. The van der Waals surface area contributed by atoms with Gasteiger partial charge in [-0.05, 0) is 49.4 Å². The summed E-state index contributed by atoms with van der Waals surface area (Å²) in [6.45, 7) is 7.02. The molecule has 0 saturated heterocycles. The van der Waals surface area contributed by atoms with E-state index in [1.54, 1.807) is 0 Å². The Balaban J connectivity index is 1.72. The Labute approximate surface area is 106 Å². The first-order valence-corrected chi connectivity index (χ1v) is 7.49. The molecule has 2 aliphatic rings. The number of rotatable bonds is 4. The molecule has 2 saturated carbocycles. The highest BCUT2D eigenvalue weighted by Crippen LogP contribution is 2.41. The third-order valence-corrected chi connectivity index (χ3v) is 4.90. The van der Waals surface area contributed by atoms with Gasteiger partial charge in [0, 0.05) is 12.3 Å². The van der Waals surface area contributed by atoms with E-state index >= 15 is 0 Å². The van der Waals surface area contributed by atoms with Crippen molar-refractivity contribution >= 4 is 5.78 Å². The lowest BCUT2D eigenvalue weighted by Crippen LogP contribution is -2.28. The van der Waals surface area contributed by atoms with Gasteiger partial charge in [-0.15, -0.1) is 0 Å². The van der Waals surface area contributed by atoms with Crippen LogP contribution in [0.5, 0.6) is 0 Å². The fourth-order valence-corrected chi connectivity index (χ4v) is 3.24. The second kappa shape index (κ2) is 5.12. The van der Waals surface area contributed by atoms with Crippen molar-refractivity contribution < 1.29 is 4.79 Å². The van der Waals surface area contributed by atoms with E-state index in [1.807, 2.05) is 0 Å². The van der Waals surface area contributed by atoms with Crippen LogP contribution < -0.4 is 0 Å². The topological polar surface area (TPSA) is 17.1 Å². The second-order valence-corrected chi connectivity index (χ2v) is 7.36. The third-order valence-electron chi connectivity index (χ3n) is 4.90. The van der Waals surface area contributed by atoms with Gasteiger partial charge >= 0.3 is 0 Å². The molecule has 0 radical (unpaired) electrons. The lowest BCUT2D eigenvalue weighted by molar-refractivity contribution is -0.124. The molecule has 0 heterocycles. The maximum Gasteiger partial charge on any atom is 0.135 e. The monoisotopic (exact) mass is 236 g/mol. The van der Waals surface area contributed by atoms with E-state index in [9.17, 15) is 4.79 Å². The average molecular weight is 236 g/mol. The normalized spacial score (nSPS) is 30.3. The molecule has 0 aliphatic heterocycles. The summed E-state index contributed by atoms with van der Waals surface area (Å²) in [4.78, 5) is 12.1. The largest absolute Gasteiger partial charge is 0.299 e. The zero-order valence-electron chi connectivity index (χ0n) is 11.8. The Kier molecular flexibility index (Phi) is 3.95. The number of carbonyl (C=O) groups excluding carboxylic acids is 1. The molecule has 0 amide bonds. The summed E-state index contributed by atoms with van der Waals surface area (Å²) >= 11 is 0. The van der Waals surface area contributed by atoms with Crippen LogP contribution in [0.15, 0.2) is 0 Å². The van der Waals surface area contributed by atoms with Gasteiger partial charge in [-0.2, -0.15) is 0 Å². The zero-order valence-corrected chi connectivity index (χ0v) is 11.8. The molecule has 0 unspecified atom stereocenters. The van der Waals surface area contributed by atoms with Gasteiger partial charge in [-0.3, -0.25) is 4.79 Å². The molecule has 1 nitrogen and oxygen atoms in total. The molecule has 0 aromatic rings. The quantitative estimate of drug-likeness (QED) is 0.697. The average Bonchev–Trinajstić information content (AvgIpc) is 3.09. The number of Topliss-reactive ketones (excluding diaryl/α,β-unsaturated/α-hetero) is 1. The molecule has 0 aromatic heterocycles. The molecule has 0 N–H and O–H groups in total. The van der Waals surface area contributed by atoms with Gasteiger partial charge in [0.15, 0.2) is 0 Å². The van der Waals surface area contributed by atoms with E-state index in [2.05, 4.69) is 20.8 Å². The van der Waals surface area contributed by atoms with E-state index in [0.717, 1.165) is 31.1 Å². The van der Waals surface area contributed by atoms with E-state index in [0.29, 0.717) is 17.1 Å². The van der Waals surface area contributed by atoms with Crippen LogP contribution in [-0.4, -0.2) is 5.78 Å². The fraction of sp³-hybridized carbons (Fsp3) is 0.938. The summed E-state index contributed by atoms with van der Waals surface area (Å²) in [5, 5.41) is 0.